The van der Waals surface area contributed by atoms with Crippen molar-refractivity contribution in [2.75, 3.05) is 11.3 Å². The molecule has 10 nitrogen and oxygen atoms in total. The maximum absolute atomic E-state index is 12.9. The number of carbonyl (C=O) groups excluding carboxylic acids is 1. The molecule has 14 heteroatoms. The molecular formula is C26H25F3N4O6S. The molecule has 0 spiro atoms. The van der Waals surface area contributed by atoms with Gasteiger partial charge in [-0.15, -0.1) is 0 Å². The summed E-state index contributed by atoms with van der Waals surface area (Å²) in [4.78, 5) is 16.4. The lowest BCUT2D eigenvalue weighted by Gasteiger charge is -2.09. The van der Waals surface area contributed by atoms with Gasteiger partial charge in [0.2, 0.25) is 5.89 Å². The van der Waals surface area contributed by atoms with Crippen molar-refractivity contribution in [2.45, 2.75) is 45.0 Å². The quantitative estimate of drug-likeness (QED) is 0.247. The molecule has 0 aliphatic rings. The summed E-state index contributed by atoms with van der Waals surface area (Å²) in [6, 6.07) is 9.96. The number of oxazole rings is 1. The fourth-order valence-electron chi connectivity index (χ4n) is 3.56. The van der Waals surface area contributed by atoms with Crippen molar-refractivity contribution >= 4 is 21.8 Å². The maximum atomic E-state index is 12.9. The highest BCUT2D eigenvalue weighted by Gasteiger charge is 2.30. The number of rotatable bonds is 10. The molecule has 0 unspecified atom stereocenters. The second-order valence-electron chi connectivity index (χ2n) is 8.43. The summed E-state index contributed by atoms with van der Waals surface area (Å²) in [6.45, 7) is 5.57. The lowest BCUT2D eigenvalue weighted by molar-refractivity contribution is -0.137. The number of carbonyl (C=O) groups is 1. The van der Waals surface area contributed by atoms with Gasteiger partial charge in [0.05, 0.1) is 17.1 Å². The van der Waals surface area contributed by atoms with Crippen LogP contribution in [0.25, 0.3) is 11.5 Å². The number of hydrogen-bond acceptors (Lipinski definition) is 8. The maximum Gasteiger partial charge on any atom is 0.416 e. The number of anilines is 1. The number of ether oxygens (including phenoxy) is 2. The number of sulfonamides is 1. The van der Waals surface area contributed by atoms with E-state index in [0.29, 0.717) is 29.3 Å². The van der Waals surface area contributed by atoms with E-state index in [4.69, 9.17) is 13.9 Å². The Balaban J connectivity index is 1.43. The standard InChI is InChI=1S/C26H25F3N4O6S/c1-4-33-14-21(25(34)37-5-2)23(31-33)32-40(35,36)20-12-10-19(11-13-20)38-15-22-16(3)39-24(30-22)17-6-8-18(9-7-17)26(27,28)29/h6-14H,4-5,15H2,1-3H3,(H,31,32). The molecule has 212 valence electrons. The molecule has 0 aliphatic heterocycles. The molecule has 0 bridgehead atoms. The van der Waals surface area contributed by atoms with Gasteiger partial charge in [-0.2, -0.15) is 18.3 Å². The van der Waals surface area contributed by atoms with Gasteiger partial charge in [-0.05, 0) is 69.3 Å². The van der Waals surface area contributed by atoms with Crippen LogP contribution < -0.4 is 9.46 Å². The number of nitrogens with one attached hydrogen (secondary N) is 1. The molecule has 2 heterocycles. The number of halogens is 3. The van der Waals surface area contributed by atoms with Crippen LogP contribution in [0.15, 0.2) is 64.0 Å². The van der Waals surface area contributed by atoms with Gasteiger partial charge in [-0.25, -0.2) is 18.2 Å². The summed E-state index contributed by atoms with van der Waals surface area (Å²) in [5.41, 5.74) is 0.00949. The predicted octanol–water partition coefficient (Wildman–Crippen LogP) is 5.44. The minimum absolute atomic E-state index is 0.00845. The highest BCUT2D eigenvalue weighted by Crippen LogP contribution is 2.31. The Labute approximate surface area is 227 Å². The first-order valence-electron chi connectivity index (χ1n) is 12.1. The van der Waals surface area contributed by atoms with E-state index in [-0.39, 0.29) is 35.4 Å². The monoisotopic (exact) mass is 578 g/mol. The van der Waals surface area contributed by atoms with Crippen molar-refractivity contribution in [1.29, 1.82) is 0 Å². The molecule has 2 aromatic carbocycles. The Kier molecular flexibility index (Phi) is 8.18. The van der Waals surface area contributed by atoms with Crippen molar-refractivity contribution in [3.63, 3.8) is 0 Å². The summed E-state index contributed by atoms with van der Waals surface area (Å²) in [5, 5.41) is 4.11. The van der Waals surface area contributed by atoms with Crippen molar-refractivity contribution in [1.82, 2.24) is 14.8 Å². The van der Waals surface area contributed by atoms with Gasteiger partial charge >= 0.3 is 12.1 Å². The smallest absolute Gasteiger partial charge is 0.416 e. The van der Waals surface area contributed by atoms with Crippen molar-refractivity contribution in [3.8, 4) is 17.2 Å². The summed E-state index contributed by atoms with van der Waals surface area (Å²) in [5.74, 6) is 0.0476. The highest BCUT2D eigenvalue weighted by atomic mass is 32.2. The third-order valence-electron chi connectivity index (χ3n) is 5.67. The summed E-state index contributed by atoms with van der Waals surface area (Å²) in [7, 11) is -4.10. The molecule has 4 aromatic rings. The Morgan fingerprint density at radius 3 is 2.35 bits per heavy atom. The van der Waals surface area contributed by atoms with Crippen molar-refractivity contribution in [3.05, 3.63) is 77.3 Å². The van der Waals surface area contributed by atoms with E-state index < -0.39 is 27.7 Å². The van der Waals surface area contributed by atoms with E-state index in [0.717, 1.165) is 12.1 Å². The number of esters is 1. The van der Waals surface area contributed by atoms with Crippen LogP contribution >= 0.6 is 0 Å². The molecule has 0 radical (unpaired) electrons. The predicted molar refractivity (Wildman–Crippen MR) is 137 cm³/mol. The van der Waals surface area contributed by atoms with Crippen LogP contribution in [-0.4, -0.2) is 35.8 Å². The molecule has 40 heavy (non-hydrogen) atoms. The number of nitrogens with zero attached hydrogens (tertiary/aromatic N) is 3. The van der Waals surface area contributed by atoms with E-state index in [1.807, 2.05) is 0 Å². The van der Waals surface area contributed by atoms with Gasteiger partial charge < -0.3 is 13.9 Å². The van der Waals surface area contributed by atoms with E-state index in [1.54, 1.807) is 20.8 Å². The zero-order chi connectivity index (χ0) is 29.1. The number of benzene rings is 2. The third-order valence-corrected chi connectivity index (χ3v) is 7.03. The molecule has 0 aliphatic carbocycles. The minimum atomic E-state index is -4.45. The fraction of sp³-hybridized carbons (Fsp3) is 0.269. The normalized spacial score (nSPS) is 11.8. The topological polar surface area (TPSA) is 126 Å². The Morgan fingerprint density at radius 1 is 1.07 bits per heavy atom. The average molecular weight is 579 g/mol. The van der Waals surface area contributed by atoms with Crippen LogP contribution in [0, 0.1) is 6.92 Å². The fourth-order valence-corrected chi connectivity index (χ4v) is 4.57. The Morgan fingerprint density at radius 2 is 1.75 bits per heavy atom. The Bertz CT molecular complexity index is 1590. The molecule has 1 N–H and O–H groups in total. The van der Waals surface area contributed by atoms with Crippen LogP contribution in [0.5, 0.6) is 5.75 Å². The van der Waals surface area contributed by atoms with E-state index in [9.17, 15) is 26.4 Å². The van der Waals surface area contributed by atoms with E-state index in [2.05, 4.69) is 14.8 Å². The van der Waals surface area contributed by atoms with E-state index in [1.165, 1.54) is 47.3 Å². The zero-order valence-corrected chi connectivity index (χ0v) is 22.5. The van der Waals surface area contributed by atoms with Crippen LogP contribution in [0.1, 0.15) is 41.2 Å². The highest BCUT2D eigenvalue weighted by molar-refractivity contribution is 7.92. The molecule has 0 fully saturated rings. The summed E-state index contributed by atoms with van der Waals surface area (Å²) < 4.78 is 84.3. The largest absolute Gasteiger partial charge is 0.487 e. The average Bonchev–Trinajstić information content (AvgIpc) is 3.50. The number of aromatic nitrogens is 3. The Hall–Kier alpha value is -4.33. The first-order valence-corrected chi connectivity index (χ1v) is 13.5. The van der Waals surface area contributed by atoms with Gasteiger partial charge in [0.1, 0.15) is 29.4 Å². The second-order valence-corrected chi connectivity index (χ2v) is 10.1. The van der Waals surface area contributed by atoms with Gasteiger partial charge in [0, 0.05) is 18.3 Å². The molecule has 0 saturated heterocycles. The molecule has 2 aromatic heterocycles. The van der Waals surface area contributed by atoms with Gasteiger partial charge in [-0.1, -0.05) is 0 Å². The van der Waals surface area contributed by atoms with E-state index >= 15 is 0 Å². The minimum Gasteiger partial charge on any atom is -0.487 e. The zero-order valence-electron chi connectivity index (χ0n) is 21.7. The van der Waals surface area contributed by atoms with Crippen molar-refractivity contribution < 1.29 is 40.3 Å². The van der Waals surface area contributed by atoms with Crippen molar-refractivity contribution in [2.24, 2.45) is 0 Å². The number of alkyl halides is 3. The molecule has 4 rings (SSSR count). The molecule has 0 saturated carbocycles. The van der Waals surface area contributed by atoms with Crippen LogP contribution in [-0.2, 0) is 34.1 Å². The molecule has 0 amide bonds. The molecular weight excluding hydrogens is 553 g/mol. The van der Waals surface area contributed by atoms with Crippen LogP contribution in [0.2, 0.25) is 0 Å². The second kappa shape index (κ2) is 11.4. The van der Waals surface area contributed by atoms with Crippen LogP contribution in [0.4, 0.5) is 19.0 Å². The van der Waals surface area contributed by atoms with Crippen LogP contribution in [0.3, 0.4) is 0 Å². The SMILES string of the molecule is CCOC(=O)c1cn(CC)nc1NS(=O)(=O)c1ccc(OCc2nc(-c3ccc(C(F)(F)F)cc3)oc2C)cc1. The van der Waals surface area contributed by atoms with Gasteiger partial charge in [0.15, 0.2) is 5.82 Å². The first-order chi connectivity index (χ1) is 18.9. The van der Waals surface area contributed by atoms with Gasteiger partial charge in [0.25, 0.3) is 10.0 Å². The number of hydrogen-bond donors (Lipinski definition) is 1. The lowest BCUT2D eigenvalue weighted by Crippen LogP contribution is -2.16. The number of aryl methyl sites for hydroxylation is 2. The first kappa shape index (κ1) is 28.7. The lowest BCUT2D eigenvalue weighted by atomic mass is 10.1. The van der Waals surface area contributed by atoms with Gasteiger partial charge in [-0.3, -0.25) is 9.40 Å². The molecule has 0 atom stereocenters. The third kappa shape index (κ3) is 6.45. The summed E-state index contributed by atoms with van der Waals surface area (Å²) in [6.07, 6.45) is -3.04. The summed E-state index contributed by atoms with van der Waals surface area (Å²) >= 11 is 0.